The third-order valence-electron chi connectivity index (χ3n) is 5.05. The van der Waals surface area contributed by atoms with Gasteiger partial charge in [-0.2, -0.15) is 0 Å². The molecule has 1 N–H and O–H groups in total. The highest BCUT2D eigenvalue weighted by molar-refractivity contribution is 8.00. The van der Waals surface area contributed by atoms with Crippen molar-refractivity contribution in [3.8, 4) is 11.1 Å². The highest BCUT2D eigenvalue weighted by atomic mass is 32.2. The molecule has 4 nitrogen and oxygen atoms in total. The van der Waals surface area contributed by atoms with Gasteiger partial charge >= 0.3 is 0 Å². The van der Waals surface area contributed by atoms with Gasteiger partial charge < -0.3 is 5.32 Å². The average molecular weight is 454 g/mol. The number of carbonyl (C=O) groups is 1. The molecular formula is C23H17F2N3OS2. The zero-order chi connectivity index (χ0) is 21.4. The highest BCUT2D eigenvalue weighted by Crippen LogP contribution is 2.43. The molecule has 2 heterocycles. The van der Waals surface area contributed by atoms with Gasteiger partial charge in [0.05, 0.1) is 5.39 Å². The standard InChI is InChI=1S/C23H17F2N3OS2/c24-15-5-1-13(2-6-15)18-11-30-22-19(18)23(27-12-26-22)31-20(21(29)28-17-9-10-17)14-3-7-16(25)8-4-14/h1-8,11-12,17,20H,9-10H2,(H,28,29)/t20-/m0/s1. The van der Waals surface area contributed by atoms with Gasteiger partial charge in [-0.25, -0.2) is 18.7 Å². The van der Waals surface area contributed by atoms with Crippen molar-refractivity contribution in [3.05, 3.63) is 77.4 Å². The fourth-order valence-corrected chi connectivity index (χ4v) is 5.41. The molecule has 156 valence electrons. The molecule has 4 aromatic rings. The molecular weight excluding hydrogens is 436 g/mol. The molecule has 8 heteroatoms. The molecule has 1 fully saturated rings. The second kappa shape index (κ2) is 8.36. The van der Waals surface area contributed by atoms with E-state index in [9.17, 15) is 13.6 Å². The van der Waals surface area contributed by atoms with E-state index in [-0.39, 0.29) is 23.6 Å². The number of hydrogen-bond donors (Lipinski definition) is 1. The Morgan fingerprint density at radius 2 is 1.71 bits per heavy atom. The Kier molecular flexibility index (Phi) is 5.41. The van der Waals surface area contributed by atoms with Crippen LogP contribution in [0.2, 0.25) is 0 Å². The van der Waals surface area contributed by atoms with Gasteiger partial charge in [-0.3, -0.25) is 4.79 Å². The summed E-state index contributed by atoms with van der Waals surface area (Å²) in [5, 5.41) is 5.92. The Morgan fingerprint density at radius 1 is 1.03 bits per heavy atom. The van der Waals surface area contributed by atoms with E-state index < -0.39 is 5.25 Å². The summed E-state index contributed by atoms with van der Waals surface area (Å²) in [7, 11) is 0. The second-order valence-corrected chi connectivity index (χ2v) is 9.30. The number of thioether (sulfide) groups is 1. The fraction of sp³-hybridized carbons (Fsp3) is 0.174. The molecule has 5 rings (SSSR count). The number of benzene rings is 2. The normalized spacial score (nSPS) is 14.5. The summed E-state index contributed by atoms with van der Waals surface area (Å²) >= 11 is 2.79. The first-order chi connectivity index (χ1) is 15.1. The van der Waals surface area contributed by atoms with Crippen molar-refractivity contribution in [1.29, 1.82) is 0 Å². The van der Waals surface area contributed by atoms with Crippen molar-refractivity contribution in [1.82, 2.24) is 15.3 Å². The van der Waals surface area contributed by atoms with Crippen LogP contribution in [0.3, 0.4) is 0 Å². The molecule has 0 radical (unpaired) electrons. The summed E-state index contributed by atoms with van der Waals surface area (Å²) in [5.41, 5.74) is 2.45. The van der Waals surface area contributed by atoms with Crippen LogP contribution in [-0.4, -0.2) is 21.9 Å². The monoisotopic (exact) mass is 453 g/mol. The van der Waals surface area contributed by atoms with E-state index >= 15 is 0 Å². The summed E-state index contributed by atoms with van der Waals surface area (Å²) in [6.45, 7) is 0. The Balaban J connectivity index is 1.56. The first kappa shape index (κ1) is 20.1. The third kappa shape index (κ3) is 4.31. The summed E-state index contributed by atoms with van der Waals surface area (Å²) in [6.07, 6.45) is 3.43. The van der Waals surface area contributed by atoms with Crippen molar-refractivity contribution >= 4 is 39.2 Å². The summed E-state index contributed by atoms with van der Waals surface area (Å²) < 4.78 is 26.9. The molecule has 1 saturated carbocycles. The van der Waals surface area contributed by atoms with Crippen molar-refractivity contribution in [2.45, 2.75) is 29.2 Å². The second-order valence-electron chi connectivity index (χ2n) is 7.35. The Labute approximate surface area is 185 Å². The minimum atomic E-state index is -0.583. The lowest BCUT2D eigenvalue weighted by molar-refractivity contribution is -0.120. The third-order valence-corrected chi connectivity index (χ3v) is 7.20. The molecule has 0 spiro atoms. The lowest BCUT2D eigenvalue weighted by atomic mass is 10.1. The van der Waals surface area contributed by atoms with Gasteiger partial charge in [0.2, 0.25) is 5.91 Å². The van der Waals surface area contributed by atoms with E-state index in [1.54, 1.807) is 24.3 Å². The predicted molar refractivity (Wildman–Crippen MR) is 119 cm³/mol. The van der Waals surface area contributed by atoms with E-state index in [1.807, 2.05) is 5.38 Å². The van der Waals surface area contributed by atoms with Crippen LogP contribution in [0.25, 0.3) is 21.3 Å². The number of aromatic nitrogens is 2. The molecule has 0 bridgehead atoms. The zero-order valence-electron chi connectivity index (χ0n) is 16.2. The maximum absolute atomic E-state index is 13.5. The van der Waals surface area contributed by atoms with Crippen LogP contribution >= 0.6 is 23.1 Å². The quantitative estimate of drug-likeness (QED) is 0.298. The molecule has 0 aliphatic heterocycles. The number of rotatable bonds is 6. The summed E-state index contributed by atoms with van der Waals surface area (Å²) in [4.78, 5) is 22.7. The van der Waals surface area contributed by atoms with Gasteiger partial charge in [-0.1, -0.05) is 36.0 Å². The van der Waals surface area contributed by atoms with Gasteiger partial charge in [-0.15, -0.1) is 11.3 Å². The maximum atomic E-state index is 13.5. The van der Waals surface area contributed by atoms with E-state index in [2.05, 4.69) is 15.3 Å². The van der Waals surface area contributed by atoms with Gasteiger partial charge in [0.1, 0.15) is 33.1 Å². The highest BCUT2D eigenvalue weighted by Gasteiger charge is 2.30. The van der Waals surface area contributed by atoms with Crippen LogP contribution in [-0.2, 0) is 4.79 Å². The summed E-state index contributed by atoms with van der Waals surface area (Å²) in [5.74, 6) is -0.775. The van der Waals surface area contributed by atoms with Crippen molar-refractivity contribution in [2.24, 2.45) is 0 Å². The van der Waals surface area contributed by atoms with E-state index in [0.717, 1.165) is 34.2 Å². The van der Waals surface area contributed by atoms with Crippen LogP contribution < -0.4 is 5.32 Å². The number of thiophene rings is 1. The topological polar surface area (TPSA) is 54.9 Å². The Hall–Kier alpha value is -2.84. The molecule has 31 heavy (non-hydrogen) atoms. The first-order valence-electron chi connectivity index (χ1n) is 9.79. The molecule has 1 aliphatic carbocycles. The first-order valence-corrected chi connectivity index (χ1v) is 11.5. The van der Waals surface area contributed by atoms with Crippen molar-refractivity contribution in [3.63, 3.8) is 0 Å². The number of nitrogens with one attached hydrogen (secondary N) is 1. The van der Waals surface area contributed by atoms with Gasteiger partial charge in [0, 0.05) is 17.0 Å². The van der Waals surface area contributed by atoms with Crippen molar-refractivity contribution < 1.29 is 13.6 Å². The Morgan fingerprint density at radius 3 is 2.39 bits per heavy atom. The van der Waals surface area contributed by atoms with Crippen LogP contribution in [0, 0.1) is 11.6 Å². The molecule has 0 saturated heterocycles. The average Bonchev–Trinajstić information content (AvgIpc) is 3.48. The molecule has 1 atom stereocenters. The van der Waals surface area contributed by atoms with Gasteiger partial charge in [0.15, 0.2) is 0 Å². The summed E-state index contributed by atoms with van der Waals surface area (Å²) in [6, 6.07) is 12.5. The van der Waals surface area contributed by atoms with Crippen LogP contribution in [0.5, 0.6) is 0 Å². The fourth-order valence-electron chi connectivity index (χ4n) is 3.31. The van der Waals surface area contributed by atoms with Crippen LogP contribution in [0.1, 0.15) is 23.7 Å². The minimum Gasteiger partial charge on any atom is -0.352 e. The van der Waals surface area contributed by atoms with Gasteiger partial charge in [-0.05, 0) is 48.2 Å². The van der Waals surface area contributed by atoms with Gasteiger partial charge in [0.25, 0.3) is 0 Å². The van der Waals surface area contributed by atoms with E-state index in [0.29, 0.717) is 10.6 Å². The molecule has 2 aromatic heterocycles. The number of fused-ring (bicyclic) bond motifs is 1. The molecule has 2 aromatic carbocycles. The minimum absolute atomic E-state index is 0.121. The predicted octanol–water partition coefficient (Wildman–Crippen LogP) is 5.75. The maximum Gasteiger partial charge on any atom is 0.238 e. The Bertz CT molecular complexity index is 1240. The SMILES string of the molecule is O=C(NC1CC1)[C@@H](Sc1ncnc2scc(-c3ccc(F)cc3)c12)c1ccc(F)cc1. The zero-order valence-corrected chi connectivity index (χ0v) is 17.9. The van der Waals surface area contributed by atoms with E-state index in [1.165, 1.54) is 53.7 Å². The largest absolute Gasteiger partial charge is 0.352 e. The molecule has 1 aliphatic rings. The number of hydrogen-bond acceptors (Lipinski definition) is 5. The number of nitrogens with zero attached hydrogens (tertiary/aromatic N) is 2. The number of carbonyl (C=O) groups excluding carboxylic acids is 1. The van der Waals surface area contributed by atoms with Crippen molar-refractivity contribution in [2.75, 3.05) is 0 Å². The van der Waals surface area contributed by atoms with Crippen LogP contribution in [0.4, 0.5) is 8.78 Å². The smallest absolute Gasteiger partial charge is 0.238 e. The number of halogens is 2. The molecule has 0 unspecified atom stereocenters. The van der Waals surface area contributed by atoms with Crippen LogP contribution in [0.15, 0.2) is 65.3 Å². The van der Waals surface area contributed by atoms with E-state index in [4.69, 9.17) is 0 Å². The molecule has 1 amide bonds. The lowest BCUT2D eigenvalue weighted by Gasteiger charge is -2.17. The lowest BCUT2D eigenvalue weighted by Crippen LogP contribution is -2.29. The number of amides is 1.